The van der Waals surface area contributed by atoms with Crippen LogP contribution in [-0.4, -0.2) is 18.5 Å². The predicted octanol–water partition coefficient (Wildman–Crippen LogP) is 0.977. The zero-order valence-corrected chi connectivity index (χ0v) is 9.96. The number of halogens is 3. The minimum absolute atomic E-state index is 0.218. The van der Waals surface area contributed by atoms with Gasteiger partial charge in [-0.3, -0.25) is 0 Å². The van der Waals surface area contributed by atoms with Crippen LogP contribution in [-0.2, 0) is 10.0 Å². The first kappa shape index (κ1) is 12.5. The molecular formula is C6H5F2IN2O3S. The standard InChI is InChI=1S/C6H5F2IN2O3S/c7-5(8)3-4(15(10,13)14)2(12)1-11-6(3)9/h1,5,12H,(H2,10,13,14). The van der Waals surface area contributed by atoms with Crippen molar-refractivity contribution in [3.05, 3.63) is 15.5 Å². The number of sulfonamides is 1. The van der Waals surface area contributed by atoms with Gasteiger partial charge in [0.1, 0.15) is 8.60 Å². The molecule has 0 spiro atoms. The van der Waals surface area contributed by atoms with Crippen molar-refractivity contribution in [3.63, 3.8) is 0 Å². The highest BCUT2D eigenvalue weighted by Gasteiger charge is 2.27. The molecule has 9 heteroatoms. The molecule has 3 N–H and O–H groups in total. The normalized spacial score (nSPS) is 12.1. The molecule has 1 aromatic rings. The smallest absolute Gasteiger partial charge is 0.267 e. The molecule has 0 aliphatic rings. The number of alkyl halides is 2. The minimum atomic E-state index is -4.41. The van der Waals surface area contributed by atoms with Crippen molar-refractivity contribution < 1.29 is 22.3 Å². The Hall–Kier alpha value is -0.550. The molecule has 1 rings (SSSR count). The van der Waals surface area contributed by atoms with Crippen LogP contribution in [0, 0.1) is 3.70 Å². The summed E-state index contributed by atoms with van der Waals surface area (Å²) in [6, 6.07) is 0. The van der Waals surface area contributed by atoms with E-state index in [0.717, 1.165) is 6.20 Å². The molecule has 0 unspecified atom stereocenters. The fourth-order valence-electron chi connectivity index (χ4n) is 0.966. The van der Waals surface area contributed by atoms with Gasteiger partial charge in [-0.15, -0.1) is 0 Å². The Balaban J connectivity index is 3.68. The highest BCUT2D eigenvalue weighted by Crippen LogP contribution is 2.34. The maximum absolute atomic E-state index is 12.5. The van der Waals surface area contributed by atoms with Gasteiger partial charge in [-0.2, -0.15) is 0 Å². The van der Waals surface area contributed by atoms with Crippen molar-refractivity contribution in [1.29, 1.82) is 0 Å². The van der Waals surface area contributed by atoms with Crippen molar-refractivity contribution in [3.8, 4) is 5.75 Å². The van der Waals surface area contributed by atoms with E-state index in [1.165, 1.54) is 22.6 Å². The number of primary sulfonamides is 1. The number of nitrogens with two attached hydrogens (primary N) is 1. The van der Waals surface area contributed by atoms with E-state index >= 15 is 0 Å². The Bertz CT molecular complexity index is 491. The SMILES string of the molecule is NS(=O)(=O)c1c(O)cnc(I)c1C(F)F. The Morgan fingerprint density at radius 3 is 2.40 bits per heavy atom. The van der Waals surface area contributed by atoms with Gasteiger partial charge in [0.05, 0.1) is 11.8 Å². The Morgan fingerprint density at radius 1 is 1.53 bits per heavy atom. The fourth-order valence-corrected chi connectivity index (χ4v) is 2.63. The Morgan fingerprint density at radius 2 is 2.07 bits per heavy atom. The monoisotopic (exact) mass is 350 g/mol. The van der Waals surface area contributed by atoms with Crippen molar-refractivity contribution in [2.45, 2.75) is 11.3 Å². The third-order valence-electron chi connectivity index (χ3n) is 1.50. The summed E-state index contributed by atoms with van der Waals surface area (Å²) in [6.07, 6.45) is -2.32. The van der Waals surface area contributed by atoms with Crippen LogP contribution in [0.15, 0.2) is 11.1 Å². The number of pyridine rings is 1. The summed E-state index contributed by atoms with van der Waals surface area (Å²) in [7, 11) is -4.41. The first-order valence-corrected chi connectivity index (χ1v) is 6.06. The van der Waals surface area contributed by atoms with E-state index in [2.05, 4.69) is 4.98 Å². The van der Waals surface area contributed by atoms with Crippen LogP contribution in [0.4, 0.5) is 8.78 Å². The van der Waals surface area contributed by atoms with Crippen LogP contribution in [0.1, 0.15) is 12.0 Å². The molecule has 0 fully saturated rings. The first-order valence-electron chi connectivity index (χ1n) is 3.43. The van der Waals surface area contributed by atoms with Gasteiger partial charge in [-0.1, -0.05) is 0 Å². The average Bonchev–Trinajstić information content (AvgIpc) is 2.05. The molecule has 0 radical (unpaired) electrons. The third kappa shape index (κ3) is 2.52. The second-order valence-corrected chi connectivity index (χ2v) is 5.04. The quantitative estimate of drug-likeness (QED) is 0.614. The molecular weight excluding hydrogens is 345 g/mol. The number of hydrogen-bond donors (Lipinski definition) is 2. The minimum Gasteiger partial charge on any atom is -0.505 e. The molecule has 15 heavy (non-hydrogen) atoms. The second kappa shape index (κ2) is 4.14. The van der Waals surface area contributed by atoms with Crippen molar-refractivity contribution in [2.75, 3.05) is 0 Å². The molecule has 0 aromatic carbocycles. The lowest BCUT2D eigenvalue weighted by atomic mass is 10.3. The number of nitrogens with zero attached hydrogens (tertiary/aromatic N) is 1. The van der Waals surface area contributed by atoms with Crippen molar-refractivity contribution >= 4 is 32.6 Å². The zero-order chi connectivity index (χ0) is 11.8. The molecule has 1 heterocycles. The number of hydrogen-bond acceptors (Lipinski definition) is 4. The molecule has 0 amide bonds. The van der Waals surface area contributed by atoms with Gasteiger partial charge in [-0.05, 0) is 22.6 Å². The number of rotatable bonds is 2. The predicted molar refractivity (Wildman–Crippen MR) is 54.9 cm³/mol. The highest BCUT2D eigenvalue weighted by atomic mass is 127. The maximum Gasteiger partial charge on any atom is 0.267 e. The fraction of sp³-hybridized carbons (Fsp3) is 0.167. The van der Waals surface area contributed by atoms with E-state index in [0.29, 0.717) is 0 Å². The Labute approximate surface area is 97.5 Å². The molecule has 5 nitrogen and oxygen atoms in total. The third-order valence-corrected chi connectivity index (χ3v) is 3.36. The van der Waals surface area contributed by atoms with E-state index in [4.69, 9.17) is 10.2 Å². The van der Waals surface area contributed by atoms with Crippen LogP contribution in [0.25, 0.3) is 0 Å². The molecule has 0 aliphatic heterocycles. The summed E-state index contributed by atoms with van der Waals surface area (Å²) in [4.78, 5) is 2.44. The van der Waals surface area contributed by atoms with Gasteiger partial charge in [0, 0.05) is 0 Å². The summed E-state index contributed by atoms with van der Waals surface area (Å²) in [5, 5.41) is 13.9. The molecule has 0 saturated carbocycles. The van der Waals surface area contributed by atoms with Crippen LogP contribution >= 0.6 is 22.6 Å². The van der Waals surface area contributed by atoms with Gasteiger partial charge in [0.2, 0.25) is 10.0 Å². The summed E-state index contributed by atoms with van der Waals surface area (Å²) in [5.74, 6) is -0.881. The Kier molecular flexibility index (Phi) is 3.45. The largest absolute Gasteiger partial charge is 0.505 e. The van der Waals surface area contributed by atoms with E-state index < -0.39 is 32.7 Å². The summed E-state index contributed by atoms with van der Waals surface area (Å²) in [6.45, 7) is 0. The molecule has 0 saturated heterocycles. The van der Waals surface area contributed by atoms with Gasteiger partial charge < -0.3 is 5.11 Å². The number of aromatic nitrogens is 1. The van der Waals surface area contributed by atoms with Gasteiger partial charge in [0.15, 0.2) is 5.75 Å². The second-order valence-electron chi connectivity index (χ2n) is 2.52. The number of aromatic hydroxyl groups is 1. The van der Waals surface area contributed by atoms with E-state index in [9.17, 15) is 17.2 Å². The van der Waals surface area contributed by atoms with Crippen LogP contribution < -0.4 is 5.14 Å². The average molecular weight is 350 g/mol. The maximum atomic E-state index is 12.5. The molecule has 0 atom stereocenters. The van der Waals surface area contributed by atoms with Crippen molar-refractivity contribution in [1.82, 2.24) is 4.98 Å². The van der Waals surface area contributed by atoms with Crippen LogP contribution in [0.2, 0.25) is 0 Å². The first-order chi connectivity index (χ1) is 6.75. The topological polar surface area (TPSA) is 93.3 Å². The summed E-state index contributed by atoms with van der Waals surface area (Å²) in [5.41, 5.74) is -0.877. The van der Waals surface area contributed by atoms with E-state index in [-0.39, 0.29) is 3.70 Å². The van der Waals surface area contributed by atoms with Gasteiger partial charge in [0.25, 0.3) is 6.43 Å². The highest BCUT2D eigenvalue weighted by molar-refractivity contribution is 14.1. The van der Waals surface area contributed by atoms with E-state index in [1.54, 1.807) is 0 Å². The molecule has 1 aromatic heterocycles. The van der Waals surface area contributed by atoms with Gasteiger partial charge >= 0.3 is 0 Å². The lowest BCUT2D eigenvalue weighted by Crippen LogP contribution is -2.16. The zero-order valence-electron chi connectivity index (χ0n) is 6.99. The lowest BCUT2D eigenvalue weighted by Gasteiger charge is -2.09. The summed E-state index contributed by atoms with van der Waals surface area (Å²) >= 11 is 1.44. The van der Waals surface area contributed by atoms with E-state index in [1.807, 2.05) is 0 Å². The molecule has 0 aliphatic carbocycles. The lowest BCUT2D eigenvalue weighted by molar-refractivity contribution is 0.145. The van der Waals surface area contributed by atoms with Crippen LogP contribution in [0.5, 0.6) is 5.75 Å². The summed E-state index contributed by atoms with van der Waals surface area (Å²) < 4.78 is 46.8. The molecule has 0 bridgehead atoms. The molecule has 84 valence electrons. The van der Waals surface area contributed by atoms with Gasteiger partial charge in [-0.25, -0.2) is 27.3 Å². The van der Waals surface area contributed by atoms with Crippen molar-refractivity contribution in [2.24, 2.45) is 5.14 Å². The van der Waals surface area contributed by atoms with Crippen LogP contribution in [0.3, 0.4) is 0 Å².